The van der Waals surface area contributed by atoms with Gasteiger partial charge in [-0.2, -0.15) is 0 Å². The second kappa shape index (κ2) is 20.8. The second-order valence-electron chi connectivity index (χ2n) is 18.8. The third-order valence-corrected chi connectivity index (χ3v) is 13.6. The molecule has 5 aliphatic heterocycles. The Morgan fingerprint density at radius 2 is 1.18 bits per heavy atom. The van der Waals surface area contributed by atoms with E-state index in [1.54, 1.807) is 66.4 Å². The summed E-state index contributed by atoms with van der Waals surface area (Å²) in [4.78, 5) is 70.9. The average Bonchev–Trinajstić information content (AvgIpc) is 3.96. The quantitative estimate of drug-likeness (QED) is 0.102. The van der Waals surface area contributed by atoms with E-state index < -0.39 is 12.1 Å². The third-order valence-electron chi connectivity index (χ3n) is 13.6. The van der Waals surface area contributed by atoms with Gasteiger partial charge in [-0.3, -0.25) is 29.2 Å². The SMILES string of the molecule is COc1cc2c(cc1OCCCOc1cc3c(cc1OC)C(=O)N1C=C(c4ccc(N5CCN(C)CC5)cc4)C[C@H]1C=N3)N=C[C@@H]1CC(c3ccc(NC(=O)[C@@H](C)NC(=O)[C@@H](N)C(C)C)cc3)=CN1C2=O. The van der Waals surface area contributed by atoms with Crippen LogP contribution in [0.2, 0.25) is 0 Å². The molecule has 0 spiro atoms. The Hall–Kier alpha value is -7.50. The van der Waals surface area contributed by atoms with Gasteiger partial charge in [-0.25, -0.2) is 0 Å². The Kier molecular flexibility index (Phi) is 14.2. The van der Waals surface area contributed by atoms with Crippen LogP contribution >= 0.6 is 0 Å². The van der Waals surface area contributed by atoms with Gasteiger partial charge in [0.15, 0.2) is 23.0 Å². The molecular formula is C54H61N9O8. The highest BCUT2D eigenvalue weighted by Gasteiger charge is 2.35. The van der Waals surface area contributed by atoms with Gasteiger partial charge in [0.25, 0.3) is 11.8 Å². The first kappa shape index (κ1) is 48.5. The summed E-state index contributed by atoms with van der Waals surface area (Å²) in [7, 11) is 5.22. The van der Waals surface area contributed by atoms with Gasteiger partial charge < -0.3 is 54.9 Å². The maximum atomic E-state index is 14.0. The van der Waals surface area contributed by atoms with E-state index >= 15 is 0 Å². The molecule has 71 heavy (non-hydrogen) atoms. The van der Waals surface area contributed by atoms with Crippen LogP contribution in [-0.2, 0) is 9.59 Å². The largest absolute Gasteiger partial charge is 0.493 e. The van der Waals surface area contributed by atoms with E-state index in [1.807, 2.05) is 44.6 Å². The molecule has 0 radical (unpaired) electrons. The van der Waals surface area contributed by atoms with Crippen LogP contribution in [0.3, 0.4) is 0 Å². The van der Waals surface area contributed by atoms with E-state index in [0.29, 0.717) is 70.4 Å². The zero-order valence-electron chi connectivity index (χ0n) is 41.0. The molecule has 1 saturated heterocycles. The number of nitrogens with one attached hydrogen (secondary N) is 2. The van der Waals surface area contributed by atoms with Crippen molar-refractivity contribution in [3.63, 3.8) is 0 Å². The van der Waals surface area contributed by atoms with Crippen molar-refractivity contribution in [1.29, 1.82) is 0 Å². The number of ether oxygens (including phenoxy) is 4. The number of likely N-dealkylation sites (N-methyl/N-ethyl adjacent to an activating group) is 1. The summed E-state index contributed by atoms with van der Waals surface area (Å²) < 4.78 is 23.8. The molecule has 9 rings (SSSR count). The first-order chi connectivity index (χ1) is 34.3. The van der Waals surface area contributed by atoms with Crippen LogP contribution in [-0.4, -0.2) is 136 Å². The Labute approximate surface area is 414 Å². The average molecular weight is 964 g/mol. The molecule has 5 heterocycles. The number of amides is 4. The zero-order chi connectivity index (χ0) is 49.9. The number of aliphatic imine (C=N–C) groups is 2. The number of benzene rings is 4. The highest BCUT2D eigenvalue weighted by atomic mass is 16.5. The Morgan fingerprint density at radius 1 is 0.690 bits per heavy atom. The first-order valence-electron chi connectivity index (χ1n) is 24.1. The molecule has 4 amide bonds. The summed E-state index contributed by atoms with van der Waals surface area (Å²) in [6.45, 7) is 9.95. The molecule has 5 aliphatic rings. The number of nitrogens with two attached hydrogens (primary N) is 1. The minimum Gasteiger partial charge on any atom is -0.493 e. The van der Waals surface area contributed by atoms with Crippen LogP contribution in [0, 0.1) is 5.92 Å². The van der Waals surface area contributed by atoms with Crippen LogP contribution in [0.15, 0.2) is 95.2 Å². The summed E-state index contributed by atoms with van der Waals surface area (Å²) in [6, 6.07) is 20.8. The van der Waals surface area contributed by atoms with Crippen LogP contribution in [0.5, 0.6) is 23.0 Å². The number of anilines is 2. The molecule has 0 bridgehead atoms. The maximum Gasteiger partial charge on any atom is 0.260 e. The molecule has 0 aromatic heterocycles. The lowest BCUT2D eigenvalue weighted by Gasteiger charge is -2.34. The molecule has 0 aliphatic carbocycles. The van der Waals surface area contributed by atoms with Gasteiger partial charge in [0.2, 0.25) is 11.8 Å². The highest BCUT2D eigenvalue weighted by Crippen LogP contribution is 2.42. The molecular weight excluding hydrogens is 903 g/mol. The standard InChI is InChI=1S/C54H61N9O8/c1-32(2)50(55)52(65)58-33(3)51(64)59-38-12-8-34(9-13-38)36-22-40-28-56-44-26-48(46(68-5)24-42(44)53(66)62(40)30-36)70-20-7-21-71-49-27-45-43(25-47(49)69-6)54(67)63-31-37(23-41(63)29-57-45)35-10-14-39(15-11-35)61-18-16-60(4)17-19-61/h8-15,24-33,40-41,50H,7,16-23,55H2,1-6H3,(H,58,65)(H,59,64)/t33-,40+,41+,50+/m1/s1. The summed E-state index contributed by atoms with van der Waals surface area (Å²) >= 11 is 0. The minimum absolute atomic E-state index is 0.0595. The van der Waals surface area contributed by atoms with E-state index in [2.05, 4.69) is 51.7 Å². The summed E-state index contributed by atoms with van der Waals surface area (Å²) in [6.07, 6.45) is 9.08. The molecule has 4 N–H and O–H groups in total. The first-order valence-corrected chi connectivity index (χ1v) is 24.1. The summed E-state index contributed by atoms with van der Waals surface area (Å²) in [5, 5.41) is 5.50. The molecule has 1 fully saturated rings. The van der Waals surface area contributed by atoms with E-state index in [1.165, 1.54) is 12.8 Å². The Balaban J connectivity index is 0.785. The monoisotopic (exact) mass is 963 g/mol. The molecule has 370 valence electrons. The normalized spacial score (nSPS) is 19.1. The lowest BCUT2D eigenvalue weighted by molar-refractivity contribution is -0.127. The van der Waals surface area contributed by atoms with Crippen molar-refractivity contribution < 1.29 is 38.1 Å². The lowest BCUT2D eigenvalue weighted by atomic mass is 10.0. The number of rotatable bonds is 16. The van der Waals surface area contributed by atoms with E-state index in [0.717, 1.165) is 48.5 Å². The number of piperazine rings is 1. The Morgan fingerprint density at radius 3 is 1.66 bits per heavy atom. The molecule has 17 nitrogen and oxygen atoms in total. The van der Waals surface area contributed by atoms with Gasteiger partial charge in [-0.05, 0) is 78.6 Å². The third kappa shape index (κ3) is 10.4. The number of hydrogen-bond donors (Lipinski definition) is 3. The van der Waals surface area contributed by atoms with Gasteiger partial charge in [-0.15, -0.1) is 0 Å². The fraction of sp³-hybridized carbons (Fsp3) is 0.370. The number of hydrogen-bond acceptors (Lipinski definition) is 13. The summed E-state index contributed by atoms with van der Waals surface area (Å²) in [5.41, 5.74) is 13.5. The van der Waals surface area contributed by atoms with Crippen molar-refractivity contribution in [1.82, 2.24) is 20.0 Å². The van der Waals surface area contributed by atoms with Gasteiger partial charge >= 0.3 is 0 Å². The number of fused-ring (bicyclic) bond motifs is 4. The molecule has 4 atom stereocenters. The number of carbonyl (C=O) groups excluding carboxylic acids is 4. The maximum absolute atomic E-state index is 14.0. The smallest absolute Gasteiger partial charge is 0.260 e. The second-order valence-corrected chi connectivity index (χ2v) is 18.8. The van der Waals surface area contributed by atoms with Crippen molar-refractivity contribution in [2.24, 2.45) is 21.6 Å². The topological polar surface area (TPSA) is 193 Å². The number of methoxy groups -OCH3 is 2. The Bertz CT molecular complexity index is 2820. The number of nitrogens with zero attached hydrogens (tertiary/aromatic N) is 6. The molecule has 4 aromatic carbocycles. The molecule has 0 unspecified atom stereocenters. The van der Waals surface area contributed by atoms with E-state index in [9.17, 15) is 19.2 Å². The van der Waals surface area contributed by atoms with Crippen LogP contribution in [0.4, 0.5) is 22.7 Å². The minimum atomic E-state index is -0.776. The number of carbonyl (C=O) groups is 4. The van der Waals surface area contributed by atoms with Crippen molar-refractivity contribution in [3.8, 4) is 23.0 Å². The molecule has 17 heteroatoms. The van der Waals surface area contributed by atoms with E-state index in [-0.39, 0.29) is 54.8 Å². The van der Waals surface area contributed by atoms with E-state index in [4.69, 9.17) is 34.7 Å². The van der Waals surface area contributed by atoms with Crippen molar-refractivity contribution in [2.75, 3.05) is 70.9 Å². The van der Waals surface area contributed by atoms with Gasteiger partial charge in [0.1, 0.15) is 6.04 Å². The fourth-order valence-electron chi connectivity index (χ4n) is 9.21. The molecule has 4 aromatic rings. The lowest BCUT2D eigenvalue weighted by Crippen LogP contribution is -2.50. The van der Waals surface area contributed by atoms with Crippen LogP contribution in [0.1, 0.15) is 71.9 Å². The summed E-state index contributed by atoms with van der Waals surface area (Å²) in [5.74, 6) is 0.534. The van der Waals surface area contributed by atoms with Crippen molar-refractivity contribution in [3.05, 3.63) is 107 Å². The van der Waals surface area contributed by atoms with Crippen LogP contribution in [0.25, 0.3) is 11.1 Å². The van der Waals surface area contributed by atoms with Crippen molar-refractivity contribution >= 4 is 70.0 Å². The van der Waals surface area contributed by atoms with Gasteiger partial charge in [0, 0.05) is 93.8 Å². The van der Waals surface area contributed by atoms with Crippen molar-refractivity contribution in [2.45, 2.75) is 64.2 Å². The van der Waals surface area contributed by atoms with Crippen LogP contribution < -0.4 is 40.2 Å². The van der Waals surface area contributed by atoms with Gasteiger partial charge in [-0.1, -0.05) is 38.1 Å². The fourth-order valence-corrected chi connectivity index (χ4v) is 9.21. The predicted molar refractivity (Wildman–Crippen MR) is 275 cm³/mol. The zero-order valence-corrected chi connectivity index (χ0v) is 41.0. The van der Waals surface area contributed by atoms with Gasteiger partial charge in [0.05, 0.1) is 68.1 Å². The predicted octanol–water partition coefficient (Wildman–Crippen LogP) is 6.67. The highest BCUT2D eigenvalue weighted by molar-refractivity contribution is 6.07. The molecule has 0 saturated carbocycles.